The highest BCUT2D eigenvalue weighted by molar-refractivity contribution is 6.16. The fourth-order valence-corrected chi connectivity index (χ4v) is 2.37. The van der Waals surface area contributed by atoms with Crippen LogP contribution in [0.25, 0.3) is 0 Å². The molecule has 1 fully saturated rings. The lowest BCUT2D eigenvalue weighted by atomic mass is 10.1. The van der Waals surface area contributed by atoms with Crippen LogP contribution in [0.5, 0.6) is 0 Å². The highest BCUT2D eigenvalue weighted by Gasteiger charge is 2.39. The molecule has 7 heteroatoms. The van der Waals surface area contributed by atoms with Crippen molar-refractivity contribution in [2.75, 3.05) is 5.32 Å². The SMILES string of the molecule is CC1(C)OC(=O)C(=CNc2ccccc2C(=O)c2ccccn2)C(=O)O1. The number of pyridine rings is 1. The molecule has 0 radical (unpaired) electrons. The number of ketones is 1. The molecule has 0 atom stereocenters. The molecule has 1 N–H and O–H groups in total. The number of aromatic nitrogens is 1. The van der Waals surface area contributed by atoms with Gasteiger partial charge in [-0.3, -0.25) is 9.78 Å². The minimum Gasteiger partial charge on any atom is -0.419 e. The Bertz CT molecular complexity index is 881. The topological polar surface area (TPSA) is 94.6 Å². The van der Waals surface area contributed by atoms with Crippen molar-refractivity contribution in [1.82, 2.24) is 4.98 Å². The zero-order valence-corrected chi connectivity index (χ0v) is 14.2. The van der Waals surface area contributed by atoms with Crippen molar-refractivity contribution >= 4 is 23.4 Å². The predicted molar refractivity (Wildman–Crippen MR) is 92.1 cm³/mol. The number of cyclic esters (lactones) is 2. The normalized spacial score (nSPS) is 15.7. The number of hydrogen-bond donors (Lipinski definition) is 1. The summed E-state index contributed by atoms with van der Waals surface area (Å²) in [6, 6.07) is 11.7. The maximum Gasteiger partial charge on any atom is 0.350 e. The number of hydrogen-bond acceptors (Lipinski definition) is 7. The predicted octanol–water partition coefficient (Wildman–Crippen LogP) is 2.44. The van der Waals surface area contributed by atoms with E-state index in [1.807, 2.05) is 0 Å². The smallest absolute Gasteiger partial charge is 0.350 e. The monoisotopic (exact) mass is 352 g/mol. The third-order valence-corrected chi connectivity index (χ3v) is 3.56. The van der Waals surface area contributed by atoms with Crippen LogP contribution in [0.2, 0.25) is 0 Å². The Kier molecular flexibility index (Phi) is 4.53. The highest BCUT2D eigenvalue weighted by atomic mass is 16.7. The Hall–Kier alpha value is -3.48. The van der Waals surface area contributed by atoms with Gasteiger partial charge in [0.05, 0.1) is 0 Å². The van der Waals surface area contributed by atoms with Crippen LogP contribution in [0.1, 0.15) is 29.9 Å². The number of nitrogens with one attached hydrogen (secondary N) is 1. The van der Waals surface area contributed by atoms with Crippen molar-refractivity contribution in [2.24, 2.45) is 0 Å². The lowest BCUT2D eigenvalue weighted by Crippen LogP contribution is -2.42. The largest absolute Gasteiger partial charge is 0.419 e. The van der Waals surface area contributed by atoms with E-state index in [0.29, 0.717) is 11.3 Å². The van der Waals surface area contributed by atoms with E-state index in [4.69, 9.17) is 9.47 Å². The van der Waals surface area contributed by atoms with Crippen LogP contribution >= 0.6 is 0 Å². The van der Waals surface area contributed by atoms with Crippen molar-refractivity contribution in [3.8, 4) is 0 Å². The van der Waals surface area contributed by atoms with Crippen molar-refractivity contribution < 1.29 is 23.9 Å². The average molecular weight is 352 g/mol. The van der Waals surface area contributed by atoms with Crippen molar-refractivity contribution in [1.29, 1.82) is 0 Å². The molecule has 2 aromatic rings. The summed E-state index contributed by atoms with van der Waals surface area (Å²) in [5.41, 5.74) is 0.763. The van der Waals surface area contributed by atoms with Gasteiger partial charge in [0.15, 0.2) is 5.57 Å². The van der Waals surface area contributed by atoms with E-state index in [9.17, 15) is 14.4 Å². The maximum absolute atomic E-state index is 12.6. The van der Waals surface area contributed by atoms with E-state index in [0.717, 1.165) is 0 Å². The Morgan fingerprint density at radius 2 is 1.69 bits per heavy atom. The number of rotatable bonds is 4. The molecule has 0 amide bonds. The summed E-state index contributed by atoms with van der Waals surface area (Å²) < 4.78 is 10.0. The van der Waals surface area contributed by atoms with Crippen molar-refractivity contribution in [3.05, 3.63) is 71.7 Å². The zero-order valence-electron chi connectivity index (χ0n) is 14.2. The van der Waals surface area contributed by atoms with Crippen LogP contribution in [0.4, 0.5) is 5.69 Å². The van der Waals surface area contributed by atoms with Gasteiger partial charge in [-0.25, -0.2) is 9.59 Å². The molecule has 132 valence electrons. The van der Waals surface area contributed by atoms with Crippen LogP contribution in [0.15, 0.2) is 60.4 Å². The van der Waals surface area contributed by atoms with Gasteiger partial charge in [0, 0.05) is 37.5 Å². The molecule has 0 unspecified atom stereocenters. The first-order valence-electron chi connectivity index (χ1n) is 7.85. The first-order chi connectivity index (χ1) is 12.4. The molecular formula is C19H16N2O5. The summed E-state index contributed by atoms with van der Waals surface area (Å²) in [6.07, 6.45) is 2.70. The number of nitrogens with zero attached hydrogens (tertiary/aromatic N) is 1. The molecule has 0 aliphatic carbocycles. The van der Waals surface area contributed by atoms with Gasteiger partial charge in [0.25, 0.3) is 5.79 Å². The third kappa shape index (κ3) is 3.61. The molecule has 0 spiro atoms. The van der Waals surface area contributed by atoms with Gasteiger partial charge >= 0.3 is 11.9 Å². The van der Waals surface area contributed by atoms with Crippen molar-refractivity contribution in [3.63, 3.8) is 0 Å². The second kappa shape index (κ2) is 6.79. The van der Waals surface area contributed by atoms with E-state index in [2.05, 4.69) is 10.3 Å². The van der Waals surface area contributed by atoms with E-state index >= 15 is 0 Å². The number of ether oxygens (including phenoxy) is 2. The molecule has 1 aromatic carbocycles. The molecule has 3 rings (SSSR count). The summed E-state index contributed by atoms with van der Waals surface area (Å²) in [5, 5.41) is 2.81. The number of anilines is 1. The molecule has 1 aromatic heterocycles. The van der Waals surface area contributed by atoms with Gasteiger partial charge < -0.3 is 14.8 Å². The number of carbonyl (C=O) groups excluding carboxylic acids is 3. The first-order valence-corrected chi connectivity index (χ1v) is 7.85. The second-order valence-corrected chi connectivity index (χ2v) is 5.97. The summed E-state index contributed by atoms with van der Waals surface area (Å²) in [6.45, 7) is 2.93. The Morgan fingerprint density at radius 3 is 2.35 bits per heavy atom. The van der Waals surface area contributed by atoms with Crippen LogP contribution in [0.3, 0.4) is 0 Å². The molecule has 2 heterocycles. The van der Waals surface area contributed by atoms with E-state index in [1.165, 1.54) is 26.2 Å². The molecule has 0 saturated carbocycles. The summed E-state index contributed by atoms with van der Waals surface area (Å²) in [7, 11) is 0. The Morgan fingerprint density at radius 1 is 1.04 bits per heavy atom. The minimum atomic E-state index is -1.31. The molecule has 1 aliphatic rings. The fourth-order valence-electron chi connectivity index (χ4n) is 2.37. The summed E-state index contributed by atoms with van der Waals surface area (Å²) >= 11 is 0. The number of carbonyl (C=O) groups is 3. The Labute approximate surface area is 149 Å². The molecule has 1 aliphatic heterocycles. The van der Waals surface area contributed by atoms with Crippen molar-refractivity contribution in [2.45, 2.75) is 19.6 Å². The van der Waals surface area contributed by atoms with Gasteiger partial charge in [0.1, 0.15) is 5.69 Å². The Balaban J connectivity index is 1.87. The number of benzene rings is 1. The summed E-state index contributed by atoms with van der Waals surface area (Å²) in [4.78, 5) is 40.6. The second-order valence-electron chi connectivity index (χ2n) is 5.97. The first kappa shape index (κ1) is 17.3. The number of esters is 2. The molecule has 26 heavy (non-hydrogen) atoms. The summed E-state index contributed by atoms with van der Waals surface area (Å²) in [5.74, 6) is -3.19. The lowest BCUT2D eigenvalue weighted by molar-refractivity contribution is -0.222. The maximum atomic E-state index is 12.6. The lowest BCUT2D eigenvalue weighted by Gasteiger charge is -2.29. The van der Waals surface area contributed by atoms with E-state index in [1.54, 1.807) is 42.5 Å². The molecule has 0 bridgehead atoms. The molecule has 1 saturated heterocycles. The van der Waals surface area contributed by atoms with Crippen LogP contribution < -0.4 is 5.32 Å². The van der Waals surface area contributed by atoms with Gasteiger partial charge in [-0.1, -0.05) is 18.2 Å². The van der Waals surface area contributed by atoms with E-state index in [-0.39, 0.29) is 17.1 Å². The van der Waals surface area contributed by atoms with Crippen LogP contribution in [-0.4, -0.2) is 28.5 Å². The van der Waals surface area contributed by atoms with Crippen LogP contribution in [0, 0.1) is 0 Å². The molecular weight excluding hydrogens is 336 g/mol. The third-order valence-electron chi connectivity index (χ3n) is 3.56. The van der Waals surface area contributed by atoms with Gasteiger partial charge in [0.2, 0.25) is 5.78 Å². The minimum absolute atomic E-state index is 0.285. The van der Waals surface area contributed by atoms with Gasteiger partial charge in [-0.15, -0.1) is 0 Å². The standard InChI is InChI=1S/C19H16N2O5/c1-19(2)25-17(23)13(18(24)26-19)11-21-14-8-4-3-7-12(14)16(22)15-9-5-6-10-20-15/h3-11,21H,1-2H3. The molecule has 7 nitrogen and oxygen atoms in total. The highest BCUT2D eigenvalue weighted by Crippen LogP contribution is 2.24. The average Bonchev–Trinajstić information content (AvgIpc) is 2.60. The van der Waals surface area contributed by atoms with Gasteiger partial charge in [-0.2, -0.15) is 0 Å². The van der Waals surface area contributed by atoms with Crippen LogP contribution in [-0.2, 0) is 19.1 Å². The quantitative estimate of drug-likeness (QED) is 0.391. The van der Waals surface area contributed by atoms with Gasteiger partial charge in [-0.05, 0) is 24.3 Å². The number of para-hydroxylation sites is 1. The van der Waals surface area contributed by atoms with E-state index < -0.39 is 17.7 Å². The zero-order chi connectivity index (χ0) is 18.7. The fraction of sp³-hybridized carbons (Fsp3) is 0.158.